The number of rotatable bonds is 11. The van der Waals surface area contributed by atoms with E-state index < -0.39 is 0 Å². The standard InChI is InChI=1S/C24H32N2O/c1-3-25(4-2)17-10-5-6-11-19-27-23-14-15-24-21(20-23)16-18-26(24)22-12-8-7-9-13-22/h7-9,12-16,18,20H,3-6,10-11,17,19H2,1-2H3. The van der Waals surface area contributed by atoms with Crippen LogP contribution in [0.5, 0.6) is 5.75 Å². The summed E-state index contributed by atoms with van der Waals surface area (Å²) in [6.07, 6.45) is 7.08. The highest BCUT2D eigenvalue weighted by molar-refractivity contribution is 5.83. The van der Waals surface area contributed by atoms with Gasteiger partial charge in [-0.1, -0.05) is 44.9 Å². The summed E-state index contributed by atoms with van der Waals surface area (Å²) < 4.78 is 8.20. The van der Waals surface area contributed by atoms with Crippen molar-refractivity contribution in [2.45, 2.75) is 39.5 Å². The average Bonchev–Trinajstić information content (AvgIpc) is 3.14. The molecule has 0 saturated heterocycles. The molecule has 144 valence electrons. The molecule has 0 aliphatic rings. The molecule has 0 N–H and O–H groups in total. The molecule has 0 aliphatic carbocycles. The van der Waals surface area contributed by atoms with Gasteiger partial charge in [0.25, 0.3) is 0 Å². The Morgan fingerprint density at radius 1 is 0.852 bits per heavy atom. The molecule has 0 atom stereocenters. The maximum absolute atomic E-state index is 5.98. The molecule has 0 amide bonds. The van der Waals surface area contributed by atoms with Crippen LogP contribution >= 0.6 is 0 Å². The lowest BCUT2D eigenvalue weighted by Gasteiger charge is -2.17. The summed E-state index contributed by atoms with van der Waals surface area (Å²) >= 11 is 0. The third-order valence-corrected chi connectivity index (χ3v) is 5.23. The second-order valence-corrected chi connectivity index (χ2v) is 7.03. The first-order chi connectivity index (χ1) is 13.3. The molecule has 0 saturated carbocycles. The predicted molar refractivity (Wildman–Crippen MR) is 115 cm³/mol. The number of para-hydroxylation sites is 1. The summed E-state index contributed by atoms with van der Waals surface area (Å²) in [7, 11) is 0. The van der Waals surface area contributed by atoms with Crippen LogP contribution in [0, 0.1) is 0 Å². The van der Waals surface area contributed by atoms with Crippen LogP contribution < -0.4 is 4.74 Å². The van der Waals surface area contributed by atoms with Gasteiger partial charge in [-0.05, 0) is 68.9 Å². The van der Waals surface area contributed by atoms with Crippen molar-refractivity contribution in [3.05, 3.63) is 60.8 Å². The van der Waals surface area contributed by atoms with E-state index in [1.165, 1.54) is 42.4 Å². The monoisotopic (exact) mass is 364 g/mol. The minimum Gasteiger partial charge on any atom is -0.494 e. The Bertz CT molecular complexity index is 806. The minimum absolute atomic E-state index is 0.802. The summed E-state index contributed by atoms with van der Waals surface area (Å²) in [4.78, 5) is 2.49. The van der Waals surface area contributed by atoms with E-state index in [0.29, 0.717) is 0 Å². The molecule has 3 heteroatoms. The lowest BCUT2D eigenvalue weighted by atomic mass is 10.2. The number of benzene rings is 2. The fraction of sp³-hybridized carbons (Fsp3) is 0.417. The Kier molecular flexibility index (Phi) is 7.35. The molecular weight excluding hydrogens is 332 g/mol. The Hall–Kier alpha value is -2.26. The maximum Gasteiger partial charge on any atom is 0.120 e. The molecule has 0 radical (unpaired) electrons. The number of fused-ring (bicyclic) bond motifs is 1. The van der Waals surface area contributed by atoms with Crippen LogP contribution in [0.2, 0.25) is 0 Å². The zero-order valence-corrected chi connectivity index (χ0v) is 16.7. The summed E-state index contributed by atoms with van der Waals surface area (Å²) in [6.45, 7) is 8.83. The lowest BCUT2D eigenvalue weighted by molar-refractivity contribution is 0.284. The van der Waals surface area contributed by atoms with Gasteiger partial charge in [-0.3, -0.25) is 0 Å². The second kappa shape index (κ2) is 10.2. The van der Waals surface area contributed by atoms with Gasteiger partial charge in [0.15, 0.2) is 0 Å². The van der Waals surface area contributed by atoms with Gasteiger partial charge < -0.3 is 14.2 Å². The molecular formula is C24H32N2O. The van der Waals surface area contributed by atoms with Gasteiger partial charge in [0.1, 0.15) is 5.75 Å². The molecule has 3 aromatic rings. The van der Waals surface area contributed by atoms with E-state index in [0.717, 1.165) is 31.9 Å². The van der Waals surface area contributed by atoms with Crippen molar-refractivity contribution in [1.82, 2.24) is 9.47 Å². The van der Waals surface area contributed by atoms with Gasteiger partial charge in [-0.25, -0.2) is 0 Å². The third kappa shape index (κ3) is 5.36. The minimum atomic E-state index is 0.802. The van der Waals surface area contributed by atoms with E-state index in [4.69, 9.17) is 4.74 Å². The van der Waals surface area contributed by atoms with Gasteiger partial charge in [-0.15, -0.1) is 0 Å². The molecule has 2 aromatic carbocycles. The van der Waals surface area contributed by atoms with Crippen LogP contribution in [0.1, 0.15) is 39.5 Å². The van der Waals surface area contributed by atoms with E-state index in [1.807, 2.05) is 6.07 Å². The molecule has 1 heterocycles. The number of aromatic nitrogens is 1. The zero-order chi connectivity index (χ0) is 18.9. The summed E-state index contributed by atoms with van der Waals surface area (Å²) in [5.41, 5.74) is 2.40. The smallest absolute Gasteiger partial charge is 0.120 e. The van der Waals surface area contributed by atoms with Gasteiger partial charge in [-0.2, -0.15) is 0 Å². The number of hydrogen-bond donors (Lipinski definition) is 0. The highest BCUT2D eigenvalue weighted by Crippen LogP contribution is 2.25. The van der Waals surface area contributed by atoms with Gasteiger partial charge in [0, 0.05) is 17.3 Å². The largest absolute Gasteiger partial charge is 0.494 e. The van der Waals surface area contributed by atoms with Crippen molar-refractivity contribution in [3.8, 4) is 11.4 Å². The van der Waals surface area contributed by atoms with Gasteiger partial charge >= 0.3 is 0 Å². The molecule has 3 rings (SSSR count). The summed E-state index contributed by atoms with van der Waals surface area (Å²) in [6, 6.07) is 19.0. The van der Waals surface area contributed by atoms with Crippen LogP contribution in [0.15, 0.2) is 60.8 Å². The Labute approximate surface area is 163 Å². The fourth-order valence-corrected chi connectivity index (χ4v) is 3.55. The zero-order valence-electron chi connectivity index (χ0n) is 16.7. The molecule has 3 nitrogen and oxygen atoms in total. The van der Waals surface area contributed by atoms with Crippen molar-refractivity contribution in [3.63, 3.8) is 0 Å². The van der Waals surface area contributed by atoms with Crippen LogP contribution in [-0.2, 0) is 0 Å². The van der Waals surface area contributed by atoms with Crippen LogP contribution in [-0.4, -0.2) is 35.7 Å². The number of nitrogens with zero attached hydrogens (tertiary/aromatic N) is 2. The number of ether oxygens (including phenoxy) is 1. The normalized spacial score (nSPS) is 11.4. The van der Waals surface area contributed by atoms with Crippen molar-refractivity contribution < 1.29 is 4.74 Å². The first-order valence-electron chi connectivity index (χ1n) is 10.3. The van der Waals surface area contributed by atoms with Crippen LogP contribution in [0.4, 0.5) is 0 Å². The maximum atomic E-state index is 5.98. The molecule has 1 aromatic heterocycles. The van der Waals surface area contributed by atoms with Gasteiger partial charge in [0.2, 0.25) is 0 Å². The molecule has 0 fully saturated rings. The van der Waals surface area contributed by atoms with E-state index >= 15 is 0 Å². The highest BCUT2D eigenvalue weighted by Gasteiger charge is 2.05. The third-order valence-electron chi connectivity index (χ3n) is 5.23. The highest BCUT2D eigenvalue weighted by atomic mass is 16.5. The Morgan fingerprint density at radius 2 is 1.63 bits per heavy atom. The summed E-state index contributed by atoms with van der Waals surface area (Å²) in [5, 5.41) is 1.22. The summed E-state index contributed by atoms with van der Waals surface area (Å²) in [5.74, 6) is 0.969. The van der Waals surface area contributed by atoms with E-state index in [-0.39, 0.29) is 0 Å². The second-order valence-electron chi connectivity index (χ2n) is 7.03. The number of unbranched alkanes of at least 4 members (excludes halogenated alkanes) is 3. The van der Waals surface area contributed by atoms with E-state index in [1.54, 1.807) is 0 Å². The van der Waals surface area contributed by atoms with Gasteiger partial charge in [0.05, 0.1) is 12.1 Å². The Balaban J connectivity index is 1.45. The average molecular weight is 365 g/mol. The van der Waals surface area contributed by atoms with E-state index in [9.17, 15) is 0 Å². The van der Waals surface area contributed by atoms with Crippen LogP contribution in [0.25, 0.3) is 16.6 Å². The lowest BCUT2D eigenvalue weighted by Crippen LogP contribution is -2.23. The first-order valence-corrected chi connectivity index (χ1v) is 10.3. The number of hydrogen-bond acceptors (Lipinski definition) is 2. The fourth-order valence-electron chi connectivity index (χ4n) is 3.55. The SMILES string of the molecule is CCN(CC)CCCCCCOc1ccc2c(ccn2-c2ccccc2)c1. The molecule has 0 unspecified atom stereocenters. The van der Waals surface area contributed by atoms with E-state index in [2.05, 4.69) is 78.0 Å². The topological polar surface area (TPSA) is 17.4 Å². The van der Waals surface area contributed by atoms with Crippen molar-refractivity contribution >= 4 is 10.9 Å². The van der Waals surface area contributed by atoms with Crippen molar-refractivity contribution in [2.75, 3.05) is 26.2 Å². The molecule has 27 heavy (non-hydrogen) atoms. The Morgan fingerprint density at radius 3 is 2.41 bits per heavy atom. The van der Waals surface area contributed by atoms with Crippen LogP contribution in [0.3, 0.4) is 0 Å². The molecule has 0 spiro atoms. The van der Waals surface area contributed by atoms with Crippen molar-refractivity contribution in [1.29, 1.82) is 0 Å². The van der Waals surface area contributed by atoms with Crippen molar-refractivity contribution in [2.24, 2.45) is 0 Å². The quantitative estimate of drug-likeness (QED) is 0.393. The molecule has 0 bridgehead atoms. The molecule has 0 aliphatic heterocycles. The first kappa shape index (κ1) is 19.5. The predicted octanol–water partition coefficient (Wildman–Crippen LogP) is 5.91.